The van der Waals surface area contributed by atoms with Gasteiger partial charge in [0.2, 0.25) is 5.91 Å². The third-order valence-corrected chi connectivity index (χ3v) is 5.42. The number of hydrogen-bond acceptors (Lipinski definition) is 3. The van der Waals surface area contributed by atoms with Crippen LogP contribution in [0.4, 0.5) is 5.69 Å². The highest BCUT2D eigenvalue weighted by molar-refractivity contribution is 8.00. The van der Waals surface area contributed by atoms with Crippen LogP contribution in [0.15, 0.2) is 47.6 Å². The van der Waals surface area contributed by atoms with Gasteiger partial charge >= 0.3 is 0 Å². The van der Waals surface area contributed by atoms with Crippen LogP contribution in [0.25, 0.3) is 11.0 Å². The second-order valence-corrected chi connectivity index (χ2v) is 7.60. The van der Waals surface area contributed by atoms with Gasteiger partial charge in [-0.05, 0) is 43.2 Å². The van der Waals surface area contributed by atoms with E-state index in [9.17, 15) is 4.79 Å². The number of H-pyrrole nitrogens is 1. The van der Waals surface area contributed by atoms with Crippen LogP contribution in [-0.4, -0.2) is 27.7 Å². The number of thioether (sulfide) groups is 1. The minimum Gasteiger partial charge on any atom is -0.333 e. The number of halogens is 1. The molecule has 0 aliphatic carbocycles. The van der Waals surface area contributed by atoms with Crippen molar-refractivity contribution < 1.29 is 4.79 Å². The minimum atomic E-state index is -0.216. The van der Waals surface area contributed by atoms with Gasteiger partial charge in [-0.3, -0.25) is 4.79 Å². The van der Waals surface area contributed by atoms with Crippen molar-refractivity contribution in [1.82, 2.24) is 9.97 Å². The Morgan fingerprint density at radius 3 is 3.04 bits per heavy atom. The zero-order valence-electron chi connectivity index (χ0n) is 13.1. The molecule has 0 saturated heterocycles. The largest absolute Gasteiger partial charge is 0.333 e. The molecule has 0 spiro atoms. The van der Waals surface area contributed by atoms with Crippen molar-refractivity contribution in [2.24, 2.45) is 0 Å². The van der Waals surface area contributed by atoms with Gasteiger partial charge in [-0.1, -0.05) is 41.6 Å². The molecule has 122 valence electrons. The fourth-order valence-corrected chi connectivity index (χ4v) is 4.07. The first-order valence-electron chi connectivity index (χ1n) is 7.83. The van der Waals surface area contributed by atoms with Crippen molar-refractivity contribution in [3.05, 3.63) is 53.1 Å². The summed E-state index contributed by atoms with van der Waals surface area (Å²) in [4.78, 5) is 22.5. The predicted octanol–water partition coefficient (Wildman–Crippen LogP) is 4.29. The molecule has 1 aliphatic heterocycles. The van der Waals surface area contributed by atoms with E-state index >= 15 is 0 Å². The molecular weight excluding hydrogens is 342 g/mol. The summed E-state index contributed by atoms with van der Waals surface area (Å²) in [5.41, 5.74) is 4.01. The molecule has 3 aromatic rings. The summed E-state index contributed by atoms with van der Waals surface area (Å²) in [7, 11) is 0. The van der Waals surface area contributed by atoms with Gasteiger partial charge in [0.1, 0.15) is 0 Å². The Morgan fingerprint density at radius 2 is 2.17 bits per heavy atom. The first-order valence-corrected chi connectivity index (χ1v) is 9.09. The van der Waals surface area contributed by atoms with Crippen molar-refractivity contribution in [1.29, 1.82) is 0 Å². The Kier molecular flexibility index (Phi) is 3.98. The van der Waals surface area contributed by atoms with Gasteiger partial charge in [0, 0.05) is 17.3 Å². The molecule has 2 aromatic carbocycles. The lowest BCUT2D eigenvalue weighted by Gasteiger charge is -2.20. The van der Waals surface area contributed by atoms with Gasteiger partial charge < -0.3 is 9.88 Å². The average Bonchev–Trinajstić information content (AvgIpc) is 3.17. The molecule has 1 amide bonds. The summed E-state index contributed by atoms with van der Waals surface area (Å²) in [6.45, 7) is 2.67. The molecule has 24 heavy (non-hydrogen) atoms. The molecule has 1 atom stereocenters. The van der Waals surface area contributed by atoms with E-state index in [4.69, 9.17) is 11.6 Å². The van der Waals surface area contributed by atoms with Gasteiger partial charge in [-0.15, -0.1) is 0 Å². The zero-order chi connectivity index (χ0) is 16.7. The molecule has 0 saturated carbocycles. The molecule has 1 aliphatic rings. The average molecular weight is 358 g/mol. The molecule has 4 nitrogen and oxygen atoms in total. The number of imidazole rings is 1. The van der Waals surface area contributed by atoms with Crippen LogP contribution >= 0.6 is 23.4 Å². The smallest absolute Gasteiger partial charge is 0.240 e. The molecule has 2 heterocycles. The van der Waals surface area contributed by atoms with E-state index < -0.39 is 0 Å². The summed E-state index contributed by atoms with van der Waals surface area (Å²) in [5.74, 6) is 0.114. The van der Waals surface area contributed by atoms with E-state index in [1.807, 2.05) is 48.2 Å². The van der Waals surface area contributed by atoms with Crippen LogP contribution in [0.3, 0.4) is 0 Å². The number of nitrogens with one attached hydrogen (secondary N) is 1. The summed E-state index contributed by atoms with van der Waals surface area (Å²) in [6.07, 6.45) is 0.919. The summed E-state index contributed by atoms with van der Waals surface area (Å²) in [5, 5.41) is 1.19. The van der Waals surface area contributed by atoms with Crippen molar-refractivity contribution in [2.45, 2.75) is 23.8 Å². The lowest BCUT2D eigenvalue weighted by molar-refractivity contribution is -0.117. The van der Waals surface area contributed by atoms with Gasteiger partial charge in [-0.25, -0.2) is 4.98 Å². The number of aromatic nitrogens is 2. The molecule has 6 heteroatoms. The normalized spacial score (nSPS) is 14.8. The molecule has 0 unspecified atom stereocenters. The van der Waals surface area contributed by atoms with Gasteiger partial charge in [-0.2, -0.15) is 0 Å². The number of rotatable bonds is 3. The van der Waals surface area contributed by atoms with Crippen LogP contribution in [-0.2, 0) is 11.2 Å². The number of carbonyl (C=O) groups is 1. The fraction of sp³-hybridized carbons (Fsp3) is 0.222. The van der Waals surface area contributed by atoms with Crippen molar-refractivity contribution in [3.8, 4) is 0 Å². The Morgan fingerprint density at radius 1 is 1.33 bits per heavy atom. The standard InChI is InChI=1S/C18H16ClN3OS/c1-11(17(23)22-9-8-12-4-2-3-5-16(12)22)24-18-20-14-7-6-13(19)10-15(14)21-18/h2-7,10-11H,8-9H2,1H3,(H,20,21)/t11-/m0/s1. The first kappa shape index (κ1) is 15.5. The van der Waals surface area contributed by atoms with E-state index in [1.165, 1.54) is 17.3 Å². The predicted molar refractivity (Wildman–Crippen MR) is 98.9 cm³/mol. The molecule has 0 radical (unpaired) electrons. The number of amides is 1. The molecule has 0 bridgehead atoms. The number of benzene rings is 2. The molecule has 4 rings (SSSR count). The highest BCUT2D eigenvalue weighted by atomic mass is 35.5. The number of carbonyl (C=O) groups excluding carboxylic acids is 1. The quantitative estimate of drug-likeness (QED) is 0.711. The van der Waals surface area contributed by atoms with E-state index in [0.29, 0.717) is 5.02 Å². The van der Waals surface area contributed by atoms with E-state index in [1.54, 1.807) is 0 Å². The number of fused-ring (bicyclic) bond motifs is 2. The van der Waals surface area contributed by atoms with E-state index in [2.05, 4.69) is 16.0 Å². The maximum absolute atomic E-state index is 12.8. The maximum Gasteiger partial charge on any atom is 0.240 e. The zero-order valence-corrected chi connectivity index (χ0v) is 14.7. The first-order chi connectivity index (χ1) is 11.6. The van der Waals surface area contributed by atoms with Gasteiger partial charge in [0.15, 0.2) is 5.16 Å². The molecular formula is C18H16ClN3OS. The van der Waals surface area contributed by atoms with Crippen molar-refractivity contribution >= 4 is 46.0 Å². The SMILES string of the molecule is C[C@H](Sc1nc2ccc(Cl)cc2[nH]1)C(=O)N1CCc2ccccc21. The number of nitrogens with zero attached hydrogens (tertiary/aromatic N) is 2. The van der Waals surface area contributed by atoms with Crippen LogP contribution in [0.5, 0.6) is 0 Å². The second kappa shape index (κ2) is 6.15. The minimum absolute atomic E-state index is 0.114. The number of hydrogen-bond donors (Lipinski definition) is 1. The van der Waals surface area contributed by atoms with E-state index in [-0.39, 0.29) is 11.2 Å². The second-order valence-electron chi connectivity index (χ2n) is 5.83. The Balaban J connectivity index is 1.53. The highest BCUT2D eigenvalue weighted by Gasteiger charge is 2.28. The summed E-state index contributed by atoms with van der Waals surface area (Å²) < 4.78 is 0. The number of anilines is 1. The Hall–Kier alpha value is -1.98. The van der Waals surface area contributed by atoms with Gasteiger partial charge in [0.25, 0.3) is 0 Å². The highest BCUT2D eigenvalue weighted by Crippen LogP contribution is 2.31. The summed E-state index contributed by atoms with van der Waals surface area (Å²) >= 11 is 7.45. The molecule has 0 fully saturated rings. The maximum atomic E-state index is 12.8. The fourth-order valence-electron chi connectivity index (χ4n) is 3.02. The number of para-hydroxylation sites is 1. The topological polar surface area (TPSA) is 49.0 Å². The third-order valence-electron chi connectivity index (χ3n) is 4.21. The van der Waals surface area contributed by atoms with Crippen LogP contribution in [0.1, 0.15) is 12.5 Å². The van der Waals surface area contributed by atoms with Crippen LogP contribution in [0, 0.1) is 0 Å². The molecule has 1 N–H and O–H groups in total. The third kappa shape index (κ3) is 2.78. The van der Waals surface area contributed by atoms with Crippen molar-refractivity contribution in [2.75, 3.05) is 11.4 Å². The number of aromatic amines is 1. The Labute approximate surface area is 149 Å². The van der Waals surface area contributed by atoms with Crippen LogP contribution < -0.4 is 4.90 Å². The molecule has 1 aromatic heterocycles. The van der Waals surface area contributed by atoms with Crippen molar-refractivity contribution in [3.63, 3.8) is 0 Å². The lowest BCUT2D eigenvalue weighted by atomic mass is 10.2. The lowest BCUT2D eigenvalue weighted by Crippen LogP contribution is -2.35. The monoisotopic (exact) mass is 357 g/mol. The Bertz CT molecular complexity index is 924. The van der Waals surface area contributed by atoms with E-state index in [0.717, 1.165) is 34.8 Å². The van der Waals surface area contributed by atoms with Gasteiger partial charge in [0.05, 0.1) is 16.3 Å². The van der Waals surface area contributed by atoms with Crippen LogP contribution in [0.2, 0.25) is 5.02 Å². The summed E-state index contributed by atoms with van der Waals surface area (Å²) in [6, 6.07) is 13.6.